The molecule has 0 amide bonds. The van der Waals surface area contributed by atoms with E-state index in [0.717, 1.165) is 0 Å². The Morgan fingerprint density at radius 3 is 2.74 bits per heavy atom. The molecule has 1 aromatic heterocycles. The number of halogens is 2. The van der Waals surface area contributed by atoms with Gasteiger partial charge in [-0.2, -0.15) is 0 Å². The summed E-state index contributed by atoms with van der Waals surface area (Å²) in [6, 6.07) is 2.01. The molecule has 0 radical (unpaired) electrons. The van der Waals surface area contributed by atoms with Crippen molar-refractivity contribution >= 4 is 33.6 Å². The van der Waals surface area contributed by atoms with Crippen LogP contribution in [0.2, 0.25) is 0 Å². The van der Waals surface area contributed by atoms with Gasteiger partial charge >= 0.3 is 0 Å². The Hall–Kier alpha value is -0.500. The number of nitrogens with one attached hydrogen (secondary N) is 1. The zero-order valence-electron chi connectivity index (χ0n) is 10.9. The molecule has 0 spiro atoms. The van der Waals surface area contributed by atoms with Gasteiger partial charge in [0.1, 0.15) is 27.5 Å². The van der Waals surface area contributed by atoms with Gasteiger partial charge in [-0.1, -0.05) is 0 Å². The summed E-state index contributed by atoms with van der Waals surface area (Å²) in [6.45, 7) is 5.37. The van der Waals surface area contributed by atoms with Gasteiger partial charge in [-0.05, 0) is 48.8 Å². The highest BCUT2D eigenvalue weighted by Gasteiger charge is 2.31. The van der Waals surface area contributed by atoms with Gasteiger partial charge in [0.15, 0.2) is 0 Å². The third kappa shape index (κ3) is 4.83. The molecule has 0 saturated heterocycles. The van der Waals surface area contributed by atoms with Gasteiger partial charge in [-0.25, -0.2) is 9.37 Å². The lowest BCUT2D eigenvalue weighted by molar-refractivity contribution is -0.108. The highest BCUT2D eigenvalue weighted by Crippen LogP contribution is 2.23. The molecule has 0 unspecified atom stereocenters. The van der Waals surface area contributed by atoms with Crippen LogP contribution >= 0.6 is 15.9 Å². The van der Waals surface area contributed by atoms with E-state index in [1.54, 1.807) is 20.8 Å². The summed E-state index contributed by atoms with van der Waals surface area (Å²) in [5.74, 6) is -0.534. The lowest BCUT2D eigenvalue weighted by Crippen LogP contribution is -2.41. The topological polar surface area (TPSA) is 65.0 Å². The third-order valence-corrected chi connectivity index (χ3v) is 4.36. The molecule has 0 fully saturated rings. The molecule has 0 aliphatic heterocycles. The van der Waals surface area contributed by atoms with E-state index < -0.39 is 28.0 Å². The fourth-order valence-corrected chi connectivity index (χ4v) is 2.44. The summed E-state index contributed by atoms with van der Waals surface area (Å²) in [5, 5.41) is 0. The number of hydrogen-bond donors (Lipinski definition) is 1. The zero-order chi connectivity index (χ0) is 14.6. The van der Waals surface area contributed by atoms with Gasteiger partial charge in [0.05, 0.1) is 5.69 Å². The van der Waals surface area contributed by atoms with Gasteiger partial charge in [0.25, 0.3) is 0 Å². The van der Waals surface area contributed by atoms with Crippen molar-refractivity contribution < 1.29 is 13.7 Å². The molecule has 1 aromatic rings. The Bertz CT molecular complexity index is 454. The highest BCUT2D eigenvalue weighted by atomic mass is 79.9. The average molecular weight is 351 g/mol. The van der Waals surface area contributed by atoms with Crippen molar-refractivity contribution in [3.63, 3.8) is 0 Å². The van der Waals surface area contributed by atoms with E-state index in [-0.39, 0.29) is 12.1 Å². The fourth-order valence-electron chi connectivity index (χ4n) is 1.30. The standard InChI is InChI=1S/C12H16BrFN2O2S/c1-12(2,3)19(18)16-9(6-7-17)11-8(14)4-5-10(13)15-11/h4-5,7,9,16H,6H2,1-3H3/t9-,19-/m1/s1. The van der Waals surface area contributed by atoms with Crippen molar-refractivity contribution in [3.8, 4) is 0 Å². The Balaban J connectivity index is 3.00. The van der Waals surface area contributed by atoms with E-state index >= 15 is 0 Å². The molecule has 19 heavy (non-hydrogen) atoms. The van der Waals surface area contributed by atoms with E-state index in [0.29, 0.717) is 10.9 Å². The zero-order valence-corrected chi connectivity index (χ0v) is 13.3. The highest BCUT2D eigenvalue weighted by molar-refractivity contribution is 9.10. The first-order valence-corrected chi connectivity index (χ1v) is 7.63. The number of aldehydes is 1. The van der Waals surface area contributed by atoms with E-state index in [1.807, 2.05) is 0 Å². The molecule has 4 nitrogen and oxygen atoms in total. The van der Waals surface area contributed by atoms with Crippen molar-refractivity contribution in [2.45, 2.75) is 38.0 Å². The third-order valence-electron chi connectivity index (χ3n) is 2.31. The van der Waals surface area contributed by atoms with Crippen molar-refractivity contribution in [1.29, 1.82) is 0 Å². The van der Waals surface area contributed by atoms with Crippen LogP contribution in [0.5, 0.6) is 0 Å². The minimum Gasteiger partial charge on any atom is -0.598 e. The van der Waals surface area contributed by atoms with Gasteiger partial charge in [0.2, 0.25) is 0 Å². The van der Waals surface area contributed by atoms with Crippen LogP contribution in [0.4, 0.5) is 4.39 Å². The van der Waals surface area contributed by atoms with E-state index in [4.69, 9.17) is 0 Å². The largest absolute Gasteiger partial charge is 0.598 e. The second-order valence-electron chi connectivity index (χ2n) is 4.95. The van der Waals surface area contributed by atoms with Gasteiger partial charge in [0, 0.05) is 17.8 Å². The maximum Gasteiger partial charge on any atom is 0.146 e. The van der Waals surface area contributed by atoms with Crippen molar-refractivity contribution in [2.75, 3.05) is 0 Å². The lowest BCUT2D eigenvalue weighted by atomic mass is 10.1. The first-order chi connectivity index (χ1) is 8.75. The quantitative estimate of drug-likeness (QED) is 0.503. The minimum absolute atomic E-state index is 0.00218. The molecule has 7 heteroatoms. The number of carbonyl (C=O) groups excluding carboxylic acids is 1. The Morgan fingerprint density at radius 1 is 1.58 bits per heavy atom. The normalized spacial score (nSPS) is 15.1. The van der Waals surface area contributed by atoms with Gasteiger partial charge in [-0.3, -0.25) is 0 Å². The molecule has 0 bridgehead atoms. The van der Waals surface area contributed by atoms with Gasteiger partial charge < -0.3 is 9.35 Å². The van der Waals surface area contributed by atoms with Crippen LogP contribution in [-0.2, 0) is 16.2 Å². The first-order valence-electron chi connectivity index (χ1n) is 5.69. The van der Waals surface area contributed by atoms with Gasteiger partial charge in [-0.15, -0.1) is 4.72 Å². The summed E-state index contributed by atoms with van der Waals surface area (Å²) >= 11 is 1.74. The lowest BCUT2D eigenvalue weighted by Gasteiger charge is -2.27. The second-order valence-corrected chi connectivity index (χ2v) is 7.77. The van der Waals surface area contributed by atoms with E-state index in [9.17, 15) is 13.7 Å². The molecular formula is C12H16BrFN2O2S. The molecule has 2 atom stereocenters. The molecule has 0 saturated carbocycles. The number of rotatable bonds is 5. The summed E-state index contributed by atoms with van der Waals surface area (Å²) in [7, 11) is 0. The number of carbonyl (C=O) groups is 1. The van der Waals surface area contributed by atoms with Crippen LogP contribution in [0.1, 0.15) is 38.9 Å². The van der Waals surface area contributed by atoms with Crippen molar-refractivity contribution in [3.05, 3.63) is 28.2 Å². The summed E-state index contributed by atoms with van der Waals surface area (Å²) < 4.78 is 28.5. The first kappa shape index (κ1) is 16.6. The predicted octanol–water partition coefficient (Wildman–Crippen LogP) is 2.67. The minimum atomic E-state index is -1.42. The summed E-state index contributed by atoms with van der Waals surface area (Å²) in [4.78, 5) is 14.7. The molecule has 1 heterocycles. The van der Waals surface area contributed by atoms with Crippen molar-refractivity contribution in [2.24, 2.45) is 0 Å². The molecule has 0 aliphatic rings. The molecule has 1 rings (SSSR count). The summed E-state index contributed by atoms with van der Waals surface area (Å²) in [5.41, 5.74) is 0.0825. The fraction of sp³-hybridized carbons (Fsp3) is 0.500. The molecule has 106 valence electrons. The number of nitrogens with zero attached hydrogens (tertiary/aromatic N) is 1. The van der Waals surface area contributed by atoms with Crippen LogP contribution in [0, 0.1) is 5.82 Å². The molecule has 0 aromatic carbocycles. The smallest absolute Gasteiger partial charge is 0.146 e. The number of pyridine rings is 1. The SMILES string of the molecule is CC(C)(C)[S@@+]([O-])N[C@H](CC=O)c1nc(Br)ccc1F. The molecular weight excluding hydrogens is 335 g/mol. The van der Waals surface area contributed by atoms with E-state index in [1.165, 1.54) is 12.1 Å². The van der Waals surface area contributed by atoms with Crippen LogP contribution < -0.4 is 4.72 Å². The van der Waals surface area contributed by atoms with Crippen molar-refractivity contribution in [1.82, 2.24) is 9.71 Å². The second kappa shape index (κ2) is 6.78. The maximum absolute atomic E-state index is 13.8. The van der Waals surface area contributed by atoms with Crippen LogP contribution in [-0.4, -0.2) is 20.6 Å². The van der Waals surface area contributed by atoms with Crippen LogP contribution in [0.3, 0.4) is 0 Å². The Kier molecular flexibility index (Phi) is 5.91. The molecule has 0 aliphatic carbocycles. The molecule has 1 N–H and O–H groups in total. The van der Waals surface area contributed by atoms with Crippen LogP contribution in [0.15, 0.2) is 16.7 Å². The predicted molar refractivity (Wildman–Crippen MR) is 76.3 cm³/mol. The van der Waals surface area contributed by atoms with E-state index in [2.05, 4.69) is 25.6 Å². The number of aromatic nitrogens is 1. The Morgan fingerprint density at radius 2 is 2.21 bits per heavy atom. The summed E-state index contributed by atoms with van der Waals surface area (Å²) in [6.07, 6.45) is 0.655. The average Bonchev–Trinajstić information content (AvgIpc) is 2.30. The Labute approximate surface area is 123 Å². The number of hydrogen-bond acceptors (Lipinski definition) is 4. The maximum atomic E-state index is 13.8. The monoisotopic (exact) mass is 350 g/mol. The van der Waals surface area contributed by atoms with Crippen LogP contribution in [0.25, 0.3) is 0 Å².